The Labute approximate surface area is 122 Å². The minimum Gasteiger partial charge on any atom is -0.444 e. The van der Waals surface area contributed by atoms with Crippen LogP contribution in [0, 0.1) is 0 Å². The Kier molecular flexibility index (Phi) is 5.08. The largest absolute Gasteiger partial charge is 0.444 e. The van der Waals surface area contributed by atoms with Gasteiger partial charge in [0.15, 0.2) is 0 Å². The van der Waals surface area contributed by atoms with Crippen LogP contribution in [-0.4, -0.2) is 54.2 Å². The van der Waals surface area contributed by atoms with Crippen molar-refractivity contribution in [3.63, 3.8) is 0 Å². The zero-order valence-corrected chi connectivity index (χ0v) is 13.2. The molecule has 0 saturated carbocycles. The van der Waals surface area contributed by atoms with Crippen molar-refractivity contribution < 1.29 is 9.53 Å². The number of carbonyl (C=O) groups is 1. The van der Waals surface area contributed by atoms with Crippen molar-refractivity contribution in [2.75, 3.05) is 32.7 Å². The van der Waals surface area contributed by atoms with Gasteiger partial charge in [-0.3, -0.25) is 4.90 Å². The first-order valence-corrected chi connectivity index (χ1v) is 7.82. The Balaban J connectivity index is 1.74. The van der Waals surface area contributed by atoms with Gasteiger partial charge in [-0.2, -0.15) is 0 Å². The average Bonchev–Trinajstić information content (AvgIpc) is 2.39. The van der Waals surface area contributed by atoms with E-state index in [9.17, 15) is 4.79 Å². The lowest BCUT2D eigenvalue weighted by Crippen LogP contribution is -2.50. The van der Waals surface area contributed by atoms with Crippen LogP contribution in [0.4, 0.5) is 4.79 Å². The summed E-state index contributed by atoms with van der Waals surface area (Å²) in [5.74, 6) is 0. The number of hydrogen-bond acceptors (Lipinski definition) is 3. The molecule has 0 aromatic carbocycles. The lowest BCUT2D eigenvalue weighted by molar-refractivity contribution is 0.0152. The molecule has 0 spiro atoms. The van der Waals surface area contributed by atoms with E-state index in [0.717, 1.165) is 32.7 Å². The zero-order valence-electron chi connectivity index (χ0n) is 13.2. The summed E-state index contributed by atoms with van der Waals surface area (Å²) in [6.07, 6.45) is 7.41. The summed E-state index contributed by atoms with van der Waals surface area (Å²) in [6.45, 7) is 10.3. The van der Waals surface area contributed by atoms with Crippen LogP contribution in [0.1, 0.15) is 46.5 Å². The molecule has 2 aliphatic rings. The number of rotatable bonds is 2. The lowest BCUT2D eigenvalue weighted by Gasteiger charge is -2.36. The van der Waals surface area contributed by atoms with Crippen LogP contribution in [0.15, 0.2) is 11.6 Å². The third kappa shape index (κ3) is 4.82. The number of hydrogen-bond donors (Lipinski definition) is 0. The molecule has 1 saturated heterocycles. The number of carbonyl (C=O) groups excluding carboxylic acids is 1. The van der Waals surface area contributed by atoms with Gasteiger partial charge in [-0.1, -0.05) is 11.6 Å². The predicted octanol–water partition coefficient (Wildman–Crippen LogP) is 3.04. The molecule has 1 aliphatic heterocycles. The molecular formula is C16H28N2O2. The standard InChI is InChI=1S/C16H28N2O2/c1-16(2,3)20-15(19)18-11-9-17(10-12-18)13-14-7-5-4-6-8-14/h7H,4-6,8-13H2,1-3H3. The zero-order chi connectivity index (χ0) is 14.6. The second-order valence-corrected chi connectivity index (χ2v) is 6.85. The van der Waals surface area contributed by atoms with E-state index in [1.54, 1.807) is 5.57 Å². The smallest absolute Gasteiger partial charge is 0.410 e. The van der Waals surface area contributed by atoms with Crippen LogP contribution >= 0.6 is 0 Å². The third-order valence-electron chi connectivity index (χ3n) is 3.84. The van der Waals surface area contributed by atoms with E-state index < -0.39 is 5.60 Å². The maximum absolute atomic E-state index is 12.0. The topological polar surface area (TPSA) is 32.8 Å². The highest BCUT2D eigenvalue weighted by Crippen LogP contribution is 2.19. The maximum atomic E-state index is 12.0. The molecule has 0 bridgehead atoms. The Morgan fingerprint density at radius 2 is 1.90 bits per heavy atom. The monoisotopic (exact) mass is 280 g/mol. The fourth-order valence-corrected chi connectivity index (χ4v) is 2.75. The van der Waals surface area contributed by atoms with Crippen LogP contribution < -0.4 is 0 Å². The van der Waals surface area contributed by atoms with Gasteiger partial charge in [0.25, 0.3) is 0 Å². The van der Waals surface area contributed by atoms with Gasteiger partial charge in [0.1, 0.15) is 5.60 Å². The minimum absolute atomic E-state index is 0.172. The molecule has 20 heavy (non-hydrogen) atoms. The minimum atomic E-state index is -0.402. The van der Waals surface area contributed by atoms with Crippen molar-refractivity contribution in [2.45, 2.75) is 52.1 Å². The van der Waals surface area contributed by atoms with Gasteiger partial charge in [0, 0.05) is 32.7 Å². The van der Waals surface area contributed by atoms with Crippen LogP contribution in [0.3, 0.4) is 0 Å². The normalized spacial score (nSPS) is 21.6. The lowest BCUT2D eigenvalue weighted by atomic mass is 9.99. The van der Waals surface area contributed by atoms with Gasteiger partial charge < -0.3 is 9.64 Å². The molecule has 1 amide bonds. The molecule has 0 unspecified atom stereocenters. The van der Waals surface area contributed by atoms with Crippen molar-refractivity contribution in [1.29, 1.82) is 0 Å². The Bertz CT molecular complexity index is 363. The highest BCUT2D eigenvalue weighted by Gasteiger charge is 2.26. The molecule has 0 atom stereocenters. The molecule has 4 heteroatoms. The number of allylic oxidation sites excluding steroid dienone is 1. The Hall–Kier alpha value is -1.03. The van der Waals surface area contributed by atoms with Gasteiger partial charge in [-0.05, 0) is 46.5 Å². The molecule has 0 aromatic rings. The van der Waals surface area contributed by atoms with E-state index in [1.807, 2.05) is 25.7 Å². The molecule has 114 valence electrons. The number of nitrogens with zero attached hydrogens (tertiary/aromatic N) is 2. The molecule has 1 fully saturated rings. The van der Waals surface area contributed by atoms with Gasteiger partial charge in [-0.25, -0.2) is 4.79 Å². The highest BCUT2D eigenvalue weighted by atomic mass is 16.6. The molecule has 1 heterocycles. The molecular weight excluding hydrogens is 252 g/mol. The van der Waals surface area contributed by atoms with Crippen LogP contribution in [0.2, 0.25) is 0 Å². The summed E-state index contributed by atoms with van der Waals surface area (Å²) in [6, 6.07) is 0. The SMILES string of the molecule is CC(C)(C)OC(=O)N1CCN(CC2=CCCCC2)CC1. The van der Waals surface area contributed by atoms with E-state index in [0.29, 0.717) is 0 Å². The summed E-state index contributed by atoms with van der Waals surface area (Å²) in [5.41, 5.74) is 1.18. The third-order valence-corrected chi connectivity index (χ3v) is 3.84. The van der Waals surface area contributed by atoms with Crippen LogP contribution in [0.5, 0.6) is 0 Å². The summed E-state index contributed by atoms with van der Waals surface area (Å²) in [7, 11) is 0. The van der Waals surface area contributed by atoms with Crippen LogP contribution in [0.25, 0.3) is 0 Å². The average molecular weight is 280 g/mol. The molecule has 0 N–H and O–H groups in total. The van der Waals surface area contributed by atoms with E-state index in [4.69, 9.17) is 4.74 Å². The van der Waals surface area contributed by atoms with Gasteiger partial charge in [-0.15, -0.1) is 0 Å². The van der Waals surface area contributed by atoms with E-state index >= 15 is 0 Å². The Morgan fingerprint density at radius 3 is 2.45 bits per heavy atom. The summed E-state index contributed by atoms with van der Waals surface area (Å²) in [4.78, 5) is 16.3. The fourth-order valence-electron chi connectivity index (χ4n) is 2.75. The highest BCUT2D eigenvalue weighted by molar-refractivity contribution is 5.68. The predicted molar refractivity (Wildman–Crippen MR) is 80.8 cm³/mol. The first-order chi connectivity index (χ1) is 9.44. The van der Waals surface area contributed by atoms with Gasteiger partial charge in [0.2, 0.25) is 0 Å². The Morgan fingerprint density at radius 1 is 1.20 bits per heavy atom. The van der Waals surface area contributed by atoms with Gasteiger partial charge in [0.05, 0.1) is 0 Å². The number of piperazine rings is 1. The molecule has 0 aromatic heterocycles. The summed E-state index contributed by atoms with van der Waals surface area (Å²) >= 11 is 0. The van der Waals surface area contributed by atoms with Crippen molar-refractivity contribution >= 4 is 6.09 Å². The second kappa shape index (κ2) is 6.61. The van der Waals surface area contributed by atoms with E-state index in [-0.39, 0.29) is 6.09 Å². The van der Waals surface area contributed by atoms with Gasteiger partial charge >= 0.3 is 6.09 Å². The summed E-state index contributed by atoms with van der Waals surface area (Å²) < 4.78 is 5.42. The second-order valence-electron chi connectivity index (χ2n) is 6.85. The number of ether oxygens (including phenoxy) is 1. The van der Waals surface area contributed by atoms with Crippen molar-refractivity contribution in [1.82, 2.24) is 9.80 Å². The fraction of sp³-hybridized carbons (Fsp3) is 0.812. The molecule has 0 radical (unpaired) electrons. The molecule has 4 nitrogen and oxygen atoms in total. The number of amides is 1. The maximum Gasteiger partial charge on any atom is 0.410 e. The van der Waals surface area contributed by atoms with Crippen molar-refractivity contribution in [3.05, 3.63) is 11.6 Å². The first-order valence-electron chi connectivity index (χ1n) is 7.82. The van der Waals surface area contributed by atoms with Crippen molar-refractivity contribution in [3.8, 4) is 0 Å². The molecule has 2 rings (SSSR count). The van der Waals surface area contributed by atoms with E-state index in [1.165, 1.54) is 25.7 Å². The van der Waals surface area contributed by atoms with E-state index in [2.05, 4.69) is 11.0 Å². The first kappa shape index (κ1) is 15.4. The molecule has 1 aliphatic carbocycles. The summed E-state index contributed by atoms with van der Waals surface area (Å²) in [5, 5.41) is 0. The quantitative estimate of drug-likeness (QED) is 0.729. The van der Waals surface area contributed by atoms with Crippen LogP contribution in [-0.2, 0) is 4.74 Å². The van der Waals surface area contributed by atoms with Crippen molar-refractivity contribution in [2.24, 2.45) is 0 Å².